The van der Waals surface area contributed by atoms with E-state index < -0.39 is 15.9 Å². The fraction of sp³-hybridized carbons (Fsp3) is 0.158. The van der Waals surface area contributed by atoms with Gasteiger partial charge in [-0.05, 0) is 29.3 Å². The van der Waals surface area contributed by atoms with Gasteiger partial charge in [-0.15, -0.1) is 11.3 Å². The molecule has 0 aliphatic carbocycles. The molecule has 3 aromatic heterocycles. The molecule has 0 aliphatic heterocycles. The Balaban J connectivity index is 1.78. The number of hydrogen-bond acceptors (Lipinski definition) is 8. The Labute approximate surface area is 181 Å². The number of hydrogen-bond donors (Lipinski definition) is 3. The highest BCUT2D eigenvalue weighted by molar-refractivity contribution is 7.92. The number of fused-ring (bicyclic) bond motifs is 1. The minimum absolute atomic E-state index is 0.166. The zero-order valence-corrected chi connectivity index (χ0v) is 18.2. The number of aromatic amines is 1. The number of rotatable bonds is 7. The van der Waals surface area contributed by atoms with Crippen molar-refractivity contribution in [3.05, 3.63) is 52.2 Å². The number of carbonyl (C=O) groups is 1. The van der Waals surface area contributed by atoms with Crippen molar-refractivity contribution in [2.75, 3.05) is 18.1 Å². The SMILES string of the molecule is COc1ncc(-c2cc(Cc3nc(C(N)=O)cs3)c3cn[nH]c3c2)cc1NS(C)(=O)=O. The molecule has 4 aromatic rings. The van der Waals surface area contributed by atoms with Crippen LogP contribution in [-0.4, -0.2) is 47.9 Å². The van der Waals surface area contributed by atoms with Crippen LogP contribution >= 0.6 is 11.3 Å². The summed E-state index contributed by atoms with van der Waals surface area (Å²) in [5.41, 5.74) is 8.98. The van der Waals surface area contributed by atoms with Crippen molar-refractivity contribution in [2.24, 2.45) is 5.73 Å². The lowest BCUT2D eigenvalue weighted by Crippen LogP contribution is -2.11. The number of H-pyrrole nitrogens is 1. The average Bonchev–Trinajstić information content (AvgIpc) is 3.36. The number of pyridine rings is 1. The van der Waals surface area contributed by atoms with Crippen LogP contribution < -0.4 is 15.2 Å². The summed E-state index contributed by atoms with van der Waals surface area (Å²) in [4.78, 5) is 19.9. The summed E-state index contributed by atoms with van der Waals surface area (Å²) in [6.07, 6.45) is 4.85. The standard InChI is InChI=1S/C19H18N6O4S2/c1-29-19-15(25-31(2,27)28)5-12(7-21-19)10-3-11(13-8-22-24-14(13)4-10)6-17-23-16(9-30-17)18(20)26/h3-5,7-9,25H,6H2,1-2H3,(H2,20,26)(H,22,24). The summed E-state index contributed by atoms with van der Waals surface area (Å²) in [5, 5.41) is 10.4. The van der Waals surface area contributed by atoms with Crippen LogP contribution in [0.25, 0.3) is 22.0 Å². The van der Waals surface area contributed by atoms with E-state index in [1.54, 1.807) is 23.8 Å². The molecule has 0 saturated carbocycles. The number of benzene rings is 1. The van der Waals surface area contributed by atoms with E-state index in [2.05, 4.69) is 24.9 Å². The Morgan fingerprint density at radius 1 is 1.26 bits per heavy atom. The van der Waals surface area contributed by atoms with E-state index in [0.717, 1.165) is 33.3 Å². The molecule has 0 bridgehead atoms. The van der Waals surface area contributed by atoms with Crippen LogP contribution in [0.15, 0.2) is 36.0 Å². The largest absolute Gasteiger partial charge is 0.480 e. The number of amides is 1. The number of aromatic nitrogens is 4. The Hall–Kier alpha value is -3.51. The highest BCUT2D eigenvalue weighted by Crippen LogP contribution is 2.32. The molecule has 0 spiro atoms. The van der Waals surface area contributed by atoms with E-state index in [0.29, 0.717) is 12.0 Å². The van der Waals surface area contributed by atoms with Gasteiger partial charge in [-0.3, -0.25) is 14.6 Å². The molecule has 0 atom stereocenters. The van der Waals surface area contributed by atoms with E-state index in [1.807, 2.05) is 12.1 Å². The highest BCUT2D eigenvalue weighted by Gasteiger charge is 2.15. The molecule has 31 heavy (non-hydrogen) atoms. The molecule has 0 saturated heterocycles. The molecule has 4 N–H and O–H groups in total. The number of nitrogens with one attached hydrogen (secondary N) is 2. The molecule has 0 radical (unpaired) electrons. The average molecular weight is 459 g/mol. The van der Waals surface area contributed by atoms with Gasteiger partial charge in [0.25, 0.3) is 5.91 Å². The highest BCUT2D eigenvalue weighted by atomic mass is 32.2. The Kier molecular flexibility index (Phi) is 5.33. The maximum Gasteiger partial charge on any atom is 0.268 e. The van der Waals surface area contributed by atoms with Crippen molar-refractivity contribution < 1.29 is 17.9 Å². The van der Waals surface area contributed by atoms with Crippen molar-refractivity contribution in [1.29, 1.82) is 0 Å². The van der Waals surface area contributed by atoms with Crippen molar-refractivity contribution in [3.8, 4) is 17.0 Å². The quantitative estimate of drug-likeness (QED) is 0.383. The van der Waals surface area contributed by atoms with Crippen molar-refractivity contribution >= 4 is 43.9 Å². The van der Waals surface area contributed by atoms with Gasteiger partial charge in [0.15, 0.2) is 0 Å². The first-order valence-corrected chi connectivity index (χ1v) is 11.7. The van der Waals surface area contributed by atoms with Gasteiger partial charge in [0.05, 0.1) is 30.1 Å². The second-order valence-electron chi connectivity index (χ2n) is 6.79. The van der Waals surface area contributed by atoms with Gasteiger partial charge < -0.3 is 10.5 Å². The van der Waals surface area contributed by atoms with E-state index in [4.69, 9.17) is 10.5 Å². The molecule has 0 fully saturated rings. The summed E-state index contributed by atoms with van der Waals surface area (Å²) in [5.74, 6) is -0.404. The van der Waals surface area contributed by atoms with Gasteiger partial charge >= 0.3 is 0 Å². The topological polar surface area (TPSA) is 153 Å². The fourth-order valence-electron chi connectivity index (χ4n) is 3.15. The van der Waals surface area contributed by atoms with Gasteiger partial charge in [0.2, 0.25) is 15.9 Å². The normalized spacial score (nSPS) is 11.5. The van der Waals surface area contributed by atoms with Crippen LogP contribution in [0.1, 0.15) is 21.1 Å². The Morgan fingerprint density at radius 2 is 2.06 bits per heavy atom. The summed E-state index contributed by atoms with van der Waals surface area (Å²) in [7, 11) is -2.10. The second kappa shape index (κ2) is 7.96. The molecular weight excluding hydrogens is 440 g/mol. The first kappa shape index (κ1) is 20.8. The van der Waals surface area contributed by atoms with Crippen LogP contribution in [0.4, 0.5) is 5.69 Å². The van der Waals surface area contributed by atoms with Gasteiger partial charge in [0, 0.05) is 28.9 Å². The van der Waals surface area contributed by atoms with Gasteiger partial charge in [-0.2, -0.15) is 5.10 Å². The second-order valence-corrected chi connectivity index (χ2v) is 9.48. The number of anilines is 1. The molecule has 10 nitrogen and oxygen atoms in total. The molecule has 0 aliphatic rings. The Morgan fingerprint density at radius 3 is 2.74 bits per heavy atom. The predicted octanol–water partition coefficient (Wildman–Crippen LogP) is 2.15. The zero-order chi connectivity index (χ0) is 22.2. The molecule has 160 valence electrons. The number of carbonyl (C=O) groups excluding carboxylic acids is 1. The van der Waals surface area contributed by atoms with Crippen LogP contribution in [0.2, 0.25) is 0 Å². The third kappa shape index (κ3) is 4.49. The monoisotopic (exact) mass is 458 g/mol. The minimum atomic E-state index is -3.52. The van der Waals surface area contributed by atoms with E-state index in [1.165, 1.54) is 18.4 Å². The fourth-order valence-corrected chi connectivity index (χ4v) is 4.50. The number of methoxy groups -OCH3 is 1. The number of thiazole rings is 1. The number of sulfonamides is 1. The summed E-state index contributed by atoms with van der Waals surface area (Å²) >= 11 is 1.35. The van der Waals surface area contributed by atoms with Gasteiger partial charge in [-0.1, -0.05) is 0 Å². The summed E-state index contributed by atoms with van der Waals surface area (Å²) < 4.78 is 31.0. The number of primary amides is 1. The lowest BCUT2D eigenvalue weighted by atomic mass is 9.99. The maximum atomic E-state index is 11.7. The summed E-state index contributed by atoms with van der Waals surface area (Å²) in [6.45, 7) is 0. The van der Waals surface area contributed by atoms with Crippen LogP contribution in [-0.2, 0) is 16.4 Å². The third-order valence-electron chi connectivity index (χ3n) is 4.46. The van der Waals surface area contributed by atoms with Crippen LogP contribution in [0.5, 0.6) is 5.88 Å². The molecular formula is C19H18N6O4S2. The first-order chi connectivity index (χ1) is 14.7. The molecule has 0 unspecified atom stereocenters. The molecule has 1 aromatic carbocycles. The smallest absolute Gasteiger partial charge is 0.268 e. The maximum absolute atomic E-state index is 11.7. The van der Waals surface area contributed by atoms with Crippen molar-refractivity contribution in [1.82, 2.24) is 20.2 Å². The van der Waals surface area contributed by atoms with Gasteiger partial charge in [0.1, 0.15) is 11.4 Å². The molecule has 4 rings (SSSR count). The predicted molar refractivity (Wildman–Crippen MR) is 118 cm³/mol. The lowest BCUT2D eigenvalue weighted by molar-refractivity contribution is 0.0996. The molecule has 12 heteroatoms. The van der Waals surface area contributed by atoms with Crippen molar-refractivity contribution in [2.45, 2.75) is 6.42 Å². The van der Waals surface area contributed by atoms with E-state index in [9.17, 15) is 13.2 Å². The molecule has 3 heterocycles. The molecule has 1 amide bonds. The lowest BCUT2D eigenvalue weighted by Gasteiger charge is -2.12. The van der Waals surface area contributed by atoms with E-state index in [-0.39, 0.29) is 17.3 Å². The van der Waals surface area contributed by atoms with E-state index >= 15 is 0 Å². The first-order valence-electron chi connectivity index (χ1n) is 8.96. The number of ether oxygens (including phenoxy) is 1. The van der Waals surface area contributed by atoms with Gasteiger partial charge in [-0.25, -0.2) is 18.4 Å². The van der Waals surface area contributed by atoms with Crippen LogP contribution in [0, 0.1) is 0 Å². The Bertz CT molecular complexity index is 1390. The van der Waals surface area contributed by atoms with Crippen LogP contribution in [0.3, 0.4) is 0 Å². The number of nitrogens with zero attached hydrogens (tertiary/aromatic N) is 3. The minimum Gasteiger partial charge on any atom is -0.480 e. The number of nitrogens with two attached hydrogens (primary N) is 1. The zero-order valence-electron chi connectivity index (χ0n) is 16.5. The third-order valence-corrected chi connectivity index (χ3v) is 5.90. The van der Waals surface area contributed by atoms with Crippen molar-refractivity contribution in [3.63, 3.8) is 0 Å². The summed E-state index contributed by atoms with van der Waals surface area (Å²) in [6, 6.07) is 5.51.